The number of nitrogen functional groups attached to an aromatic ring is 1. The van der Waals surface area contributed by atoms with Gasteiger partial charge in [-0.05, 0) is 56.5 Å². The van der Waals surface area contributed by atoms with Crippen molar-refractivity contribution in [3.8, 4) is 33.5 Å². The number of anilines is 1. The summed E-state index contributed by atoms with van der Waals surface area (Å²) in [7, 11) is 0. The molecule has 2 atom stereocenters. The highest BCUT2D eigenvalue weighted by molar-refractivity contribution is 7.98. The van der Waals surface area contributed by atoms with E-state index < -0.39 is 24.0 Å². The molecular weight excluding hydrogens is 710 g/mol. The number of aliphatic imine (C=N–C) groups is 1. The Bertz CT molecular complexity index is 1950. The van der Waals surface area contributed by atoms with E-state index in [4.69, 9.17) is 49.8 Å². The fourth-order valence-corrected chi connectivity index (χ4v) is 6.58. The number of amidine groups is 1. The monoisotopic (exact) mass is 745 g/mol. The Balaban J connectivity index is 1.33. The van der Waals surface area contributed by atoms with Gasteiger partial charge in [-0.2, -0.15) is 5.26 Å². The van der Waals surface area contributed by atoms with Gasteiger partial charge in [0.25, 0.3) is 0 Å². The maximum absolute atomic E-state index is 12.4. The molecule has 264 valence electrons. The van der Waals surface area contributed by atoms with Crippen molar-refractivity contribution in [2.75, 3.05) is 25.5 Å². The van der Waals surface area contributed by atoms with Gasteiger partial charge < -0.3 is 32.0 Å². The van der Waals surface area contributed by atoms with Gasteiger partial charge in [0, 0.05) is 33.8 Å². The molecule has 0 saturated heterocycles. The van der Waals surface area contributed by atoms with Gasteiger partial charge in [-0.15, -0.1) is 11.3 Å². The molecule has 0 bridgehead atoms. The molecule has 0 spiro atoms. The zero-order valence-corrected chi connectivity index (χ0v) is 30.3. The van der Waals surface area contributed by atoms with Crippen molar-refractivity contribution in [1.29, 1.82) is 5.26 Å². The highest BCUT2D eigenvalue weighted by Crippen LogP contribution is 2.42. The largest absolute Gasteiger partial charge is 0.490 e. The van der Waals surface area contributed by atoms with Crippen LogP contribution in [0.4, 0.5) is 11.5 Å². The molecular formula is C35H36ClN9O4S2. The van der Waals surface area contributed by atoms with Crippen molar-refractivity contribution in [3.05, 3.63) is 81.6 Å². The zero-order chi connectivity index (χ0) is 36.9. The molecule has 2 aromatic heterocycles. The van der Waals surface area contributed by atoms with E-state index in [2.05, 4.69) is 26.2 Å². The van der Waals surface area contributed by atoms with Crippen LogP contribution in [-0.2, 0) is 20.1 Å². The van der Waals surface area contributed by atoms with Gasteiger partial charge in [-0.3, -0.25) is 9.79 Å². The predicted molar refractivity (Wildman–Crippen MR) is 201 cm³/mol. The number of nitrogens with one attached hydrogen (secondary N) is 1. The van der Waals surface area contributed by atoms with Crippen LogP contribution in [-0.4, -0.2) is 59.5 Å². The van der Waals surface area contributed by atoms with Crippen molar-refractivity contribution < 1.29 is 19.1 Å². The van der Waals surface area contributed by atoms with Crippen LogP contribution in [0.15, 0.2) is 63.9 Å². The summed E-state index contributed by atoms with van der Waals surface area (Å²) < 4.78 is 11.0. The molecule has 2 aromatic carbocycles. The number of esters is 1. The topological polar surface area (TPSA) is 209 Å². The number of aromatic nitrogens is 2. The van der Waals surface area contributed by atoms with Crippen LogP contribution in [0.2, 0.25) is 5.02 Å². The Labute approximate surface area is 309 Å². The Morgan fingerprint density at radius 2 is 1.86 bits per heavy atom. The summed E-state index contributed by atoms with van der Waals surface area (Å²) in [5.41, 5.74) is 20.6. The van der Waals surface area contributed by atoms with Crippen LogP contribution < -0.4 is 27.3 Å². The van der Waals surface area contributed by atoms with Crippen molar-refractivity contribution in [1.82, 2.24) is 15.3 Å². The quantitative estimate of drug-likeness (QED) is 0.0272. The second-order valence-electron chi connectivity index (χ2n) is 11.1. The number of thioether (sulfide) groups is 1. The second kappa shape index (κ2) is 18.7. The number of rotatable bonds is 16. The molecule has 2 heterocycles. The summed E-state index contributed by atoms with van der Waals surface area (Å²) in [4.78, 5) is 41.4. The Morgan fingerprint density at radius 3 is 2.53 bits per heavy atom. The minimum absolute atomic E-state index is 0.0171. The summed E-state index contributed by atoms with van der Waals surface area (Å²) in [6.07, 6.45) is 0.974. The van der Waals surface area contributed by atoms with Gasteiger partial charge in [0.2, 0.25) is 11.6 Å². The maximum Gasteiger partial charge on any atom is 0.328 e. The Kier molecular flexibility index (Phi) is 14.2. The highest BCUT2D eigenvalue weighted by atomic mass is 35.5. The summed E-state index contributed by atoms with van der Waals surface area (Å²) in [5.74, 6) is 0.288. The molecule has 13 nitrogen and oxygen atoms in total. The molecule has 7 N–H and O–H groups in total. The molecule has 0 aliphatic rings. The van der Waals surface area contributed by atoms with Crippen LogP contribution in [0.5, 0.6) is 5.75 Å². The zero-order valence-electron chi connectivity index (χ0n) is 27.9. The van der Waals surface area contributed by atoms with E-state index in [1.54, 1.807) is 31.2 Å². The molecule has 1 amide bonds. The van der Waals surface area contributed by atoms with Crippen molar-refractivity contribution >= 4 is 63.9 Å². The molecule has 0 aliphatic heterocycles. The van der Waals surface area contributed by atoms with Crippen molar-refractivity contribution in [2.24, 2.45) is 16.5 Å². The fraction of sp³-hybridized carbons (Fsp3) is 0.286. The predicted octanol–water partition coefficient (Wildman–Crippen LogP) is 5.73. The second-order valence-corrected chi connectivity index (χ2v) is 13.4. The van der Waals surface area contributed by atoms with Gasteiger partial charge >= 0.3 is 5.97 Å². The van der Waals surface area contributed by atoms with E-state index in [0.29, 0.717) is 57.9 Å². The summed E-state index contributed by atoms with van der Waals surface area (Å²) >= 11 is 8.82. The molecule has 0 saturated carbocycles. The minimum atomic E-state index is -0.901. The molecule has 0 radical (unpaired) electrons. The smallest absolute Gasteiger partial charge is 0.328 e. The van der Waals surface area contributed by atoms with E-state index in [1.807, 2.05) is 29.6 Å². The number of amides is 1. The number of thiazole rings is 1. The molecule has 51 heavy (non-hydrogen) atoms. The number of carbonyl (C=O) groups excluding carboxylic acids is 2. The Hall–Kier alpha value is -5.19. The number of ether oxygens (including phenoxy) is 2. The van der Waals surface area contributed by atoms with E-state index in [-0.39, 0.29) is 30.3 Å². The number of halogens is 1. The van der Waals surface area contributed by atoms with Crippen LogP contribution in [0.25, 0.3) is 26.5 Å². The standard InChI is InChI=1S/C35H36ClN9O4S2/c1-20(43-32(46)28(39)5-4-14-42-21(2)38)35(47)49-16-15-48-26-12-8-22(9-13-26)29-27(17-37)34(45-31(40)30(29)41-3)51-19-25-18-50-33(44-25)23-6-10-24(36)11-7-23/h6-13,18,20,28H,4-5,14-16,19,39H2,1-2H3,(H2,38,42)(H2,40,45)(H,43,46)/t20-,28-/m0/s1. The highest BCUT2D eigenvalue weighted by Gasteiger charge is 2.22. The molecule has 4 aromatic rings. The summed E-state index contributed by atoms with van der Waals surface area (Å²) in [6, 6.07) is 14.7. The van der Waals surface area contributed by atoms with Gasteiger partial charge in [0.1, 0.15) is 46.9 Å². The first-order valence-electron chi connectivity index (χ1n) is 15.7. The molecule has 0 aliphatic carbocycles. The van der Waals surface area contributed by atoms with Crippen molar-refractivity contribution in [2.45, 2.75) is 49.6 Å². The number of carbonyl (C=O) groups is 2. The molecule has 4 rings (SSSR count). The van der Waals surface area contributed by atoms with Crippen LogP contribution >= 0.6 is 34.7 Å². The third-order valence-electron chi connectivity index (χ3n) is 7.21. The van der Waals surface area contributed by atoms with Crippen LogP contribution in [0.3, 0.4) is 0 Å². The van der Waals surface area contributed by atoms with Crippen molar-refractivity contribution in [3.63, 3.8) is 0 Å². The average Bonchev–Trinajstić information content (AvgIpc) is 3.60. The first kappa shape index (κ1) is 38.6. The van der Waals surface area contributed by atoms with Gasteiger partial charge in [0.05, 0.1) is 29.7 Å². The molecule has 0 unspecified atom stereocenters. The van der Waals surface area contributed by atoms with E-state index >= 15 is 0 Å². The van der Waals surface area contributed by atoms with Gasteiger partial charge in [-0.1, -0.05) is 47.6 Å². The molecule has 0 fully saturated rings. The summed E-state index contributed by atoms with van der Waals surface area (Å²) in [5, 5.41) is 16.6. The number of benzene rings is 2. The first-order valence-corrected chi connectivity index (χ1v) is 17.9. The lowest BCUT2D eigenvalue weighted by Gasteiger charge is -2.17. The van der Waals surface area contributed by atoms with E-state index in [1.165, 1.54) is 30.0 Å². The third kappa shape index (κ3) is 10.9. The van der Waals surface area contributed by atoms with Gasteiger partial charge in [-0.25, -0.2) is 19.6 Å². The lowest BCUT2D eigenvalue weighted by Crippen LogP contribution is -2.47. The third-order valence-corrected chi connectivity index (χ3v) is 9.41. The number of hydrogen-bond donors (Lipinski definition) is 4. The lowest BCUT2D eigenvalue weighted by atomic mass is 10.00. The Morgan fingerprint density at radius 1 is 1.16 bits per heavy atom. The average molecular weight is 746 g/mol. The number of nitrogens with two attached hydrogens (primary N) is 3. The minimum Gasteiger partial charge on any atom is -0.490 e. The van der Waals surface area contributed by atoms with E-state index in [0.717, 1.165) is 16.3 Å². The normalized spacial score (nSPS) is 12.3. The number of nitrogens with zero attached hydrogens (tertiary/aromatic N) is 5. The SMILES string of the molecule is [C-]#[N+]c1c(N)nc(SCc2csc(-c3ccc(Cl)cc3)n2)c(C#N)c1-c1ccc(OCCOC(=O)[C@H](C)NC(=O)[C@@H](N)CCCN=C(C)N)cc1. The van der Waals surface area contributed by atoms with Gasteiger partial charge in [0.15, 0.2) is 0 Å². The van der Waals surface area contributed by atoms with Crippen LogP contribution in [0, 0.1) is 17.9 Å². The van der Waals surface area contributed by atoms with Crippen LogP contribution in [0.1, 0.15) is 37.9 Å². The number of hydrogen-bond acceptors (Lipinski definition) is 12. The summed E-state index contributed by atoms with van der Waals surface area (Å²) in [6.45, 7) is 11.4. The lowest BCUT2D eigenvalue weighted by molar-refractivity contribution is -0.148. The number of nitriles is 1. The number of pyridine rings is 1. The van der Waals surface area contributed by atoms with E-state index in [9.17, 15) is 14.9 Å². The first-order chi connectivity index (χ1) is 24.5. The maximum atomic E-state index is 12.4. The molecule has 16 heteroatoms. The fourth-order valence-electron chi connectivity index (χ4n) is 4.64.